The zero-order chi connectivity index (χ0) is 11.3. The van der Waals surface area contributed by atoms with Gasteiger partial charge in [-0.2, -0.15) is 0 Å². The van der Waals surface area contributed by atoms with Crippen LogP contribution in [0.2, 0.25) is 5.15 Å². The molecule has 0 aliphatic heterocycles. The predicted molar refractivity (Wildman–Crippen MR) is 60.7 cm³/mol. The summed E-state index contributed by atoms with van der Waals surface area (Å²) in [6.07, 6.45) is 1.94. The molecule has 1 rings (SSSR count). The van der Waals surface area contributed by atoms with Crippen molar-refractivity contribution >= 4 is 23.2 Å². The van der Waals surface area contributed by atoms with Crippen molar-refractivity contribution < 1.29 is 4.79 Å². The monoisotopic (exact) mass is 227 g/mol. The lowest BCUT2D eigenvalue weighted by molar-refractivity contribution is -0.116. The van der Waals surface area contributed by atoms with E-state index in [4.69, 9.17) is 17.3 Å². The molecule has 1 aromatic heterocycles. The van der Waals surface area contributed by atoms with Gasteiger partial charge in [0.1, 0.15) is 5.15 Å². The van der Waals surface area contributed by atoms with Crippen LogP contribution < -0.4 is 11.1 Å². The van der Waals surface area contributed by atoms with Gasteiger partial charge in [0, 0.05) is 6.42 Å². The first-order chi connectivity index (χ1) is 7.11. The molecule has 0 aliphatic rings. The molecule has 0 bridgehead atoms. The predicted octanol–water partition coefficient (Wildman–Crippen LogP) is 1.66. The summed E-state index contributed by atoms with van der Waals surface area (Å²) in [5, 5.41) is 3.12. The zero-order valence-electron chi connectivity index (χ0n) is 8.53. The number of hydrogen-bond acceptors (Lipinski definition) is 3. The molecule has 1 amide bonds. The number of carbonyl (C=O) groups excluding carboxylic acids is 1. The Morgan fingerprint density at radius 3 is 2.93 bits per heavy atom. The van der Waals surface area contributed by atoms with E-state index < -0.39 is 0 Å². The average molecular weight is 228 g/mol. The number of anilines is 1. The Bertz CT molecular complexity index is 326. The van der Waals surface area contributed by atoms with E-state index in [2.05, 4.69) is 10.3 Å². The average Bonchev–Trinajstić information content (AvgIpc) is 2.21. The number of nitrogens with one attached hydrogen (secondary N) is 1. The Morgan fingerprint density at radius 2 is 2.40 bits per heavy atom. The summed E-state index contributed by atoms with van der Waals surface area (Å²) in [5.41, 5.74) is 6.07. The maximum atomic E-state index is 11.4. The molecule has 1 aromatic rings. The highest BCUT2D eigenvalue weighted by molar-refractivity contribution is 6.29. The van der Waals surface area contributed by atoms with Crippen molar-refractivity contribution in [2.24, 2.45) is 11.7 Å². The van der Waals surface area contributed by atoms with Gasteiger partial charge in [-0.25, -0.2) is 4.98 Å². The van der Waals surface area contributed by atoms with Crippen molar-refractivity contribution in [2.75, 3.05) is 11.9 Å². The Morgan fingerprint density at radius 1 is 1.67 bits per heavy atom. The van der Waals surface area contributed by atoms with Crippen molar-refractivity contribution in [3.8, 4) is 0 Å². The number of nitrogens with zero attached hydrogens (tertiary/aromatic N) is 1. The first-order valence-electron chi connectivity index (χ1n) is 4.73. The quantitative estimate of drug-likeness (QED) is 0.769. The van der Waals surface area contributed by atoms with E-state index in [1.54, 1.807) is 12.1 Å². The largest absolute Gasteiger partial charge is 0.330 e. The van der Waals surface area contributed by atoms with E-state index in [1.165, 1.54) is 6.20 Å². The van der Waals surface area contributed by atoms with Gasteiger partial charge in [-0.3, -0.25) is 4.79 Å². The van der Waals surface area contributed by atoms with Gasteiger partial charge < -0.3 is 11.1 Å². The smallest absolute Gasteiger partial charge is 0.224 e. The third-order valence-electron chi connectivity index (χ3n) is 1.95. The summed E-state index contributed by atoms with van der Waals surface area (Å²) < 4.78 is 0. The highest BCUT2D eigenvalue weighted by Crippen LogP contribution is 2.10. The van der Waals surface area contributed by atoms with Crippen LogP contribution in [0.15, 0.2) is 18.3 Å². The number of amides is 1. The molecule has 1 heterocycles. The second-order valence-corrected chi connectivity index (χ2v) is 3.85. The van der Waals surface area contributed by atoms with Crippen molar-refractivity contribution in [1.29, 1.82) is 0 Å². The minimum absolute atomic E-state index is 0.0583. The lowest BCUT2D eigenvalue weighted by Crippen LogP contribution is -2.20. The van der Waals surface area contributed by atoms with Gasteiger partial charge >= 0.3 is 0 Å². The van der Waals surface area contributed by atoms with E-state index in [-0.39, 0.29) is 11.8 Å². The fourth-order valence-electron chi connectivity index (χ4n) is 1.06. The van der Waals surface area contributed by atoms with E-state index >= 15 is 0 Å². The summed E-state index contributed by atoms with van der Waals surface area (Å²) in [6, 6.07) is 3.34. The Labute approximate surface area is 93.8 Å². The van der Waals surface area contributed by atoms with Gasteiger partial charge in [0.25, 0.3) is 0 Å². The minimum Gasteiger partial charge on any atom is -0.330 e. The van der Waals surface area contributed by atoms with Gasteiger partial charge in [-0.15, -0.1) is 0 Å². The molecule has 0 spiro atoms. The minimum atomic E-state index is -0.0583. The molecule has 0 aliphatic carbocycles. The molecule has 0 aromatic carbocycles. The highest BCUT2D eigenvalue weighted by Gasteiger charge is 2.07. The summed E-state index contributed by atoms with van der Waals surface area (Å²) in [5.74, 6) is 0.127. The van der Waals surface area contributed by atoms with Crippen LogP contribution in [0.3, 0.4) is 0 Å². The van der Waals surface area contributed by atoms with Crippen LogP contribution in [0.4, 0.5) is 5.69 Å². The summed E-state index contributed by atoms with van der Waals surface area (Å²) >= 11 is 5.61. The molecule has 0 saturated heterocycles. The second-order valence-electron chi connectivity index (χ2n) is 3.46. The maximum absolute atomic E-state index is 11.4. The number of hydrogen-bond donors (Lipinski definition) is 2. The molecular formula is C10H14ClN3O. The van der Waals surface area contributed by atoms with Crippen LogP contribution in [-0.4, -0.2) is 17.4 Å². The lowest BCUT2D eigenvalue weighted by Gasteiger charge is -2.08. The van der Waals surface area contributed by atoms with Crippen LogP contribution in [0.1, 0.15) is 13.3 Å². The first-order valence-corrected chi connectivity index (χ1v) is 5.11. The highest BCUT2D eigenvalue weighted by atomic mass is 35.5. The molecule has 0 saturated carbocycles. The van der Waals surface area contributed by atoms with Gasteiger partial charge in [0.15, 0.2) is 0 Å². The Kier molecular flexibility index (Phi) is 4.52. The molecular weight excluding hydrogens is 214 g/mol. The number of carbonyl (C=O) groups is 1. The number of pyridine rings is 1. The van der Waals surface area contributed by atoms with Gasteiger partial charge in [-0.1, -0.05) is 18.5 Å². The van der Waals surface area contributed by atoms with Crippen molar-refractivity contribution in [3.63, 3.8) is 0 Å². The molecule has 0 radical (unpaired) electrons. The molecule has 82 valence electrons. The number of nitrogens with two attached hydrogens (primary N) is 1. The van der Waals surface area contributed by atoms with Crippen LogP contribution in [0, 0.1) is 5.92 Å². The zero-order valence-corrected chi connectivity index (χ0v) is 9.29. The third-order valence-corrected chi connectivity index (χ3v) is 2.17. The maximum Gasteiger partial charge on any atom is 0.224 e. The van der Waals surface area contributed by atoms with Crippen LogP contribution in [0.5, 0.6) is 0 Å². The fourth-order valence-corrected chi connectivity index (χ4v) is 1.17. The van der Waals surface area contributed by atoms with Crippen LogP contribution >= 0.6 is 11.6 Å². The van der Waals surface area contributed by atoms with Gasteiger partial charge in [-0.05, 0) is 24.6 Å². The number of rotatable bonds is 4. The lowest BCUT2D eigenvalue weighted by atomic mass is 10.1. The second kappa shape index (κ2) is 5.68. The van der Waals surface area contributed by atoms with Crippen molar-refractivity contribution in [2.45, 2.75) is 13.3 Å². The van der Waals surface area contributed by atoms with E-state index in [1.807, 2.05) is 6.92 Å². The topological polar surface area (TPSA) is 68.0 Å². The van der Waals surface area contributed by atoms with E-state index in [0.29, 0.717) is 23.8 Å². The molecule has 1 atom stereocenters. The normalized spacial score (nSPS) is 12.2. The molecule has 4 nitrogen and oxygen atoms in total. The molecule has 3 N–H and O–H groups in total. The fraction of sp³-hybridized carbons (Fsp3) is 0.400. The Balaban J connectivity index is 2.48. The molecule has 5 heteroatoms. The molecule has 0 fully saturated rings. The van der Waals surface area contributed by atoms with Gasteiger partial charge in [0.05, 0.1) is 11.9 Å². The first kappa shape index (κ1) is 11.9. The van der Waals surface area contributed by atoms with Crippen LogP contribution in [0.25, 0.3) is 0 Å². The molecule has 1 unspecified atom stereocenters. The Hall–Kier alpha value is -1.13. The summed E-state index contributed by atoms with van der Waals surface area (Å²) in [4.78, 5) is 15.3. The van der Waals surface area contributed by atoms with Crippen molar-refractivity contribution in [3.05, 3.63) is 23.5 Å². The van der Waals surface area contributed by atoms with Crippen LogP contribution in [-0.2, 0) is 4.79 Å². The van der Waals surface area contributed by atoms with E-state index in [0.717, 1.165) is 0 Å². The number of aromatic nitrogens is 1. The third kappa shape index (κ3) is 4.27. The van der Waals surface area contributed by atoms with E-state index in [9.17, 15) is 4.79 Å². The van der Waals surface area contributed by atoms with Crippen molar-refractivity contribution in [1.82, 2.24) is 4.98 Å². The SMILES string of the molecule is CC(CN)CC(=O)Nc1ccc(Cl)nc1. The standard InChI is InChI=1S/C10H14ClN3O/c1-7(5-12)4-10(15)14-8-2-3-9(11)13-6-8/h2-3,6-7H,4-5,12H2,1H3,(H,14,15). The molecule has 15 heavy (non-hydrogen) atoms. The van der Waals surface area contributed by atoms with Gasteiger partial charge in [0.2, 0.25) is 5.91 Å². The summed E-state index contributed by atoms with van der Waals surface area (Å²) in [7, 11) is 0. The number of halogens is 1. The summed E-state index contributed by atoms with van der Waals surface area (Å²) in [6.45, 7) is 2.44.